The zero-order chi connectivity index (χ0) is 23.5. The van der Waals surface area contributed by atoms with Gasteiger partial charge in [0, 0.05) is 10.0 Å². The molecule has 1 heterocycles. The Kier molecular flexibility index (Phi) is 7.05. The summed E-state index contributed by atoms with van der Waals surface area (Å²) in [5, 5.41) is 1.04. The lowest BCUT2D eigenvalue weighted by Crippen LogP contribution is -2.27. The number of ether oxygens (including phenoxy) is 2. The van der Waals surface area contributed by atoms with Crippen LogP contribution in [0, 0.1) is 0 Å². The summed E-state index contributed by atoms with van der Waals surface area (Å²) in [7, 11) is 1.47. The molecule has 4 rings (SSSR count). The maximum Gasteiger partial charge on any atom is 0.343 e. The Morgan fingerprint density at radius 2 is 1.76 bits per heavy atom. The van der Waals surface area contributed by atoms with E-state index < -0.39 is 5.97 Å². The standard InChI is InChI=1S/C24H15Cl2NO4S2/c1-30-20-11-14(5-10-19(20)31-23(29)15-6-8-16(25)9-7-15)12-21-22(28)27(24(32)33-21)18-4-2-3-17(26)13-18/h2-13H,1H3/b21-12+. The highest BCUT2D eigenvalue weighted by atomic mass is 35.5. The van der Waals surface area contributed by atoms with Crippen LogP contribution in [-0.2, 0) is 4.79 Å². The van der Waals surface area contributed by atoms with Crippen LogP contribution in [0.25, 0.3) is 6.08 Å². The van der Waals surface area contributed by atoms with Crippen LogP contribution in [0.4, 0.5) is 5.69 Å². The van der Waals surface area contributed by atoms with Crippen LogP contribution in [0.15, 0.2) is 71.6 Å². The molecule has 0 unspecified atom stereocenters. The predicted octanol–water partition coefficient (Wildman–Crippen LogP) is 6.63. The number of amides is 1. The molecule has 1 aliphatic heterocycles. The van der Waals surface area contributed by atoms with Gasteiger partial charge in [0.05, 0.1) is 23.3 Å². The number of thioether (sulfide) groups is 1. The van der Waals surface area contributed by atoms with E-state index in [-0.39, 0.29) is 11.7 Å². The summed E-state index contributed by atoms with van der Waals surface area (Å²) < 4.78 is 11.3. The van der Waals surface area contributed by atoms with Gasteiger partial charge < -0.3 is 9.47 Å². The maximum atomic E-state index is 13.0. The van der Waals surface area contributed by atoms with Gasteiger partial charge in [0.2, 0.25) is 0 Å². The predicted molar refractivity (Wildman–Crippen MR) is 137 cm³/mol. The van der Waals surface area contributed by atoms with E-state index in [1.54, 1.807) is 72.8 Å². The molecule has 1 amide bonds. The van der Waals surface area contributed by atoms with Crippen molar-refractivity contribution in [1.82, 2.24) is 0 Å². The minimum Gasteiger partial charge on any atom is -0.493 e. The topological polar surface area (TPSA) is 55.8 Å². The number of halogens is 2. The van der Waals surface area contributed by atoms with Gasteiger partial charge in [-0.05, 0) is 66.2 Å². The lowest BCUT2D eigenvalue weighted by molar-refractivity contribution is -0.113. The fraction of sp³-hybridized carbons (Fsp3) is 0.0417. The number of nitrogens with zero attached hydrogens (tertiary/aromatic N) is 1. The fourth-order valence-electron chi connectivity index (χ4n) is 3.06. The van der Waals surface area contributed by atoms with Crippen LogP contribution in [0.3, 0.4) is 0 Å². The average Bonchev–Trinajstić information content (AvgIpc) is 3.07. The van der Waals surface area contributed by atoms with Crippen molar-refractivity contribution in [2.45, 2.75) is 0 Å². The summed E-state index contributed by atoms with van der Waals surface area (Å²) in [6, 6.07) is 18.3. The molecule has 9 heteroatoms. The van der Waals surface area contributed by atoms with Crippen molar-refractivity contribution >= 4 is 75.1 Å². The number of rotatable bonds is 5. The summed E-state index contributed by atoms with van der Waals surface area (Å²) in [5.41, 5.74) is 1.65. The first kappa shape index (κ1) is 23.3. The van der Waals surface area contributed by atoms with E-state index in [9.17, 15) is 9.59 Å². The lowest BCUT2D eigenvalue weighted by Gasteiger charge is -2.14. The van der Waals surface area contributed by atoms with Gasteiger partial charge in [0.25, 0.3) is 5.91 Å². The Balaban J connectivity index is 1.56. The molecule has 0 atom stereocenters. The largest absolute Gasteiger partial charge is 0.493 e. The Bertz CT molecular complexity index is 1290. The van der Waals surface area contributed by atoms with Crippen LogP contribution in [0.2, 0.25) is 10.0 Å². The zero-order valence-corrected chi connectivity index (χ0v) is 20.2. The van der Waals surface area contributed by atoms with Gasteiger partial charge in [-0.25, -0.2) is 4.79 Å². The molecule has 0 bridgehead atoms. The average molecular weight is 516 g/mol. The van der Waals surface area contributed by atoms with E-state index >= 15 is 0 Å². The number of benzene rings is 3. The first-order valence-corrected chi connectivity index (χ1v) is 11.5. The number of carbonyl (C=O) groups is 2. The van der Waals surface area contributed by atoms with Crippen LogP contribution in [0.1, 0.15) is 15.9 Å². The number of methoxy groups -OCH3 is 1. The Morgan fingerprint density at radius 3 is 2.45 bits per heavy atom. The highest BCUT2D eigenvalue weighted by Gasteiger charge is 2.33. The molecule has 1 saturated heterocycles. The first-order chi connectivity index (χ1) is 15.9. The summed E-state index contributed by atoms with van der Waals surface area (Å²) >= 11 is 18.5. The third-order valence-electron chi connectivity index (χ3n) is 4.63. The van der Waals surface area contributed by atoms with Crippen molar-refractivity contribution in [3.05, 3.63) is 92.8 Å². The summed E-state index contributed by atoms with van der Waals surface area (Å²) in [4.78, 5) is 27.3. The van der Waals surface area contributed by atoms with Crippen molar-refractivity contribution in [1.29, 1.82) is 0 Å². The monoisotopic (exact) mass is 515 g/mol. The van der Waals surface area contributed by atoms with Crippen LogP contribution in [-0.4, -0.2) is 23.3 Å². The van der Waals surface area contributed by atoms with E-state index in [1.807, 2.05) is 0 Å². The molecule has 3 aromatic rings. The highest BCUT2D eigenvalue weighted by molar-refractivity contribution is 8.27. The molecular formula is C24H15Cl2NO4S2. The molecule has 3 aromatic carbocycles. The van der Waals surface area contributed by atoms with Gasteiger partial charge in [-0.15, -0.1) is 0 Å². The Morgan fingerprint density at radius 1 is 1.00 bits per heavy atom. The molecule has 0 saturated carbocycles. The van der Waals surface area contributed by atoms with Gasteiger partial charge in [-0.1, -0.05) is 59.3 Å². The summed E-state index contributed by atoms with van der Waals surface area (Å²) in [6.07, 6.45) is 1.71. The molecular weight excluding hydrogens is 501 g/mol. The maximum absolute atomic E-state index is 13.0. The number of hydrogen-bond donors (Lipinski definition) is 0. The second-order valence-corrected chi connectivity index (χ2v) is 9.35. The molecule has 0 N–H and O–H groups in total. The molecule has 1 fully saturated rings. The molecule has 0 aromatic heterocycles. The van der Waals surface area contributed by atoms with E-state index in [2.05, 4.69) is 0 Å². The molecule has 0 aliphatic carbocycles. The minimum atomic E-state index is -0.542. The summed E-state index contributed by atoms with van der Waals surface area (Å²) in [5.74, 6) is -0.193. The second-order valence-electron chi connectivity index (χ2n) is 6.80. The van der Waals surface area contributed by atoms with Crippen molar-refractivity contribution in [3.63, 3.8) is 0 Å². The number of anilines is 1. The van der Waals surface area contributed by atoms with Crippen molar-refractivity contribution in [3.8, 4) is 11.5 Å². The smallest absolute Gasteiger partial charge is 0.343 e. The van der Waals surface area contributed by atoms with Crippen molar-refractivity contribution < 1.29 is 19.1 Å². The first-order valence-electron chi connectivity index (χ1n) is 9.55. The van der Waals surface area contributed by atoms with Gasteiger partial charge in [-0.2, -0.15) is 0 Å². The normalized spacial score (nSPS) is 14.6. The van der Waals surface area contributed by atoms with Crippen molar-refractivity contribution in [2.75, 3.05) is 12.0 Å². The molecule has 166 valence electrons. The molecule has 1 aliphatic rings. The van der Waals surface area contributed by atoms with Crippen molar-refractivity contribution in [2.24, 2.45) is 0 Å². The fourth-order valence-corrected chi connectivity index (χ4v) is 4.67. The SMILES string of the molecule is COc1cc(/C=C2/SC(=S)N(c3cccc(Cl)c3)C2=O)ccc1OC(=O)c1ccc(Cl)cc1. The third-order valence-corrected chi connectivity index (χ3v) is 6.42. The van der Waals surface area contributed by atoms with Gasteiger partial charge in [0.15, 0.2) is 15.8 Å². The Hall–Kier alpha value is -2.84. The van der Waals surface area contributed by atoms with Gasteiger partial charge in [-0.3, -0.25) is 9.69 Å². The molecule has 5 nitrogen and oxygen atoms in total. The van der Waals surface area contributed by atoms with Crippen LogP contribution in [0.5, 0.6) is 11.5 Å². The Labute approximate surface area is 209 Å². The quantitative estimate of drug-likeness (QED) is 0.164. The number of thiocarbonyl (C=S) groups is 1. The second kappa shape index (κ2) is 9.97. The third kappa shape index (κ3) is 5.23. The van der Waals surface area contributed by atoms with E-state index in [4.69, 9.17) is 44.9 Å². The lowest BCUT2D eigenvalue weighted by atomic mass is 10.1. The highest BCUT2D eigenvalue weighted by Crippen LogP contribution is 2.38. The van der Waals surface area contributed by atoms with Gasteiger partial charge in [0.1, 0.15) is 0 Å². The number of esters is 1. The van der Waals surface area contributed by atoms with E-state index in [1.165, 1.54) is 23.8 Å². The van der Waals surface area contributed by atoms with E-state index in [0.717, 1.165) is 0 Å². The van der Waals surface area contributed by atoms with Crippen LogP contribution >= 0.6 is 47.2 Å². The zero-order valence-electron chi connectivity index (χ0n) is 17.1. The number of carbonyl (C=O) groups excluding carboxylic acids is 2. The molecule has 0 spiro atoms. The molecule has 33 heavy (non-hydrogen) atoms. The molecule has 0 radical (unpaired) electrons. The van der Waals surface area contributed by atoms with Crippen LogP contribution < -0.4 is 14.4 Å². The minimum absolute atomic E-state index is 0.246. The van der Waals surface area contributed by atoms with Gasteiger partial charge >= 0.3 is 5.97 Å². The number of hydrogen-bond acceptors (Lipinski definition) is 6. The van der Waals surface area contributed by atoms with E-state index in [0.29, 0.717) is 41.8 Å². The summed E-state index contributed by atoms with van der Waals surface area (Å²) in [6.45, 7) is 0.